The van der Waals surface area contributed by atoms with Gasteiger partial charge in [-0.2, -0.15) is 0 Å². The first-order chi connectivity index (χ1) is 11.0. The van der Waals surface area contributed by atoms with Gasteiger partial charge in [-0.1, -0.05) is 29.3 Å². The van der Waals surface area contributed by atoms with Crippen LogP contribution in [0.15, 0.2) is 18.2 Å². The number of piperazine rings is 1. The van der Waals surface area contributed by atoms with E-state index in [1.54, 1.807) is 6.07 Å². The lowest BCUT2D eigenvalue weighted by molar-refractivity contribution is -0.132. The number of amides is 1. The van der Waals surface area contributed by atoms with Gasteiger partial charge in [-0.3, -0.25) is 14.6 Å². The van der Waals surface area contributed by atoms with E-state index < -0.39 is 0 Å². The molecule has 1 aliphatic rings. The Hall–Kier alpha value is -0.810. The monoisotopic (exact) mass is 357 g/mol. The largest absolute Gasteiger partial charge is 0.342 e. The van der Waals surface area contributed by atoms with Crippen molar-refractivity contribution >= 4 is 29.1 Å². The van der Waals surface area contributed by atoms with Crippen molar-refractivity contribution in [3.8, 4) is 0 Å². The Kier molecular flexibility index (Phi) is 7.15. The molecule has 1 aromatic rings. The number of benzene rings is 1. The van der Waals surface area contributed by atoms with Crippen LogP contribution in [0.4, 0.5) is 0 Å². The lowest BCUT2D eigenvalue weighted by Crippen LogP contribution is -2.49. The molecule has 1 aliphatic heterocycles. The summed E-state index contributed by atoms with van der Waals surface area (Å²) in [4.78, 5) is 18.7. The fourth-order valence-electron chi connectivity index (χ4n) is 2.86. The maximum absolute atomic E-state index is 12.2. The predicted molar refractivity (Wildman–Crippen MR) is 96.1 cm³/mol. The van der Waals surface area contributed by atoms with Crippen LogP contribution in [0.25, 0.3) is 0 Å². The van der Waals surface area contributed by atoms with E-state index in [1.165, 1.54) is 0 Å². The Bertz CT molecular complexity index is 527. The molecular formula is C17H25Cl2N3O. The fourth-order valence-corrected chi connectivity index (χ4v) is 3.33. The topological polar surface area (TPSA) is 26.8 Å². The number of rotatable bonds is 6. The third kappa shape index (κ3) is 5.35. The molecule has 1 fully saturated rings. The predicted octanol–water partition coefficient (Wildman–Crippen LogP) is 2.98. The van der Waals surface area contributed by atoms with Crippen molar-refractivity contribution in [1.29, 1.82) is 0 Å². The Labute approximate surface area is 148 Å². The molecule has 1 amide bonds. The van der Waals surface area contributed by atoms with Gasteiger partial charge in [-0.25, -0.2) is 0 Å². The number of halogens is 2. The van der Waals surface area contributed by atoms with Gasteiger partial charge in [0.15, 0.2) is 0 Å². The van der Waals surface area contributed by atoms with Gasteiger partial charge in [0.2, 0.25) is 5.91 Å². The molecule has 0 saturated carbocycles. The fraction of sp³-hybridized carbons (Fsp3) is 0.588. The van der Waals surface area contributed by atoms with E-state index in [0.29, 0.717) is 11.6 Å². The summed E-state index contributed by atoms with van der Waals surface area (Å²) < 4.78 is 0. The molecule has 0 aromatic heterocycles. The second-order valence-electron chi connectivity index (χ2n) is 5.85. The number of nitrogens with zero attached hydrogens (tertiary/aromatic N) is 3. The van der Waals surface area contributed by atoms with Crippen molar-refractivity contribution in [1.82, 2.24) is 14.7 Å². The summed E-state index contributed by atoms with van der Waals surface area (Å²) in [5.74, 6) is 0.226. The Morgan fingerprint density at radius 1 is 1.09 bits per heavy atom. The van der Waals surface area contributed by atoms with E-state index in [1.807, 2.05) is 30.9 Å². The Morgan fingerprint density at radius 3 is 2.26 bits per heavy atom. The third-order valence-corrected chi connectivity index (χ3v) is 4.94. The summed E-state index contributed by atoms with van der Waals surface area (Å²) in [6, 6.07) is 5.65. The third-order valence-electron chi connectivity index (χ3n) is 4.35. The summed E-state index contributed by atoms with van der Waals surface area (Å²) in [5, 5.41) is 1.38. The Morgan fingerprint density at radius 2 is 1.70 bits per heavy atom. The molecule has 6 heteroatoms. The summed E-state index contributed by atoms with van der Waals surface area (Å²) in [5.41, 5.74) is 1.10. The number of likely N-dealkylation sites (N-methyl/N-ethyl adjacent to an activating group) is 1. The maximum Gasteiger partial charge on any atom is 0.236 e. The standard InChI is InChI=1S/C17H25Cl2N3O/c1-3-22(4-2)17(23)13-21-9-7-20(8-10-21)12-14-5-6-15(18)11-16(14)19/h5-6,11H,3-4,7-10,12-13H2,1-2H3. The zero-order valence-corrected chi connectivity index (χ0v) is 15.4. The van der Waals surface area contributed by atoms with Gasteiger partial charge in [-0.05, 0) is 31.5 Å². The van der Waals surface area contributed by atoms with Gasteiger partial charge in [-0.15, -0.1) is 0 Å². The second-order valence-corrected chi connectivity index (χ2v) is 6.70. The van der Waals surface area contributed by atoms with Crippen LogP contribution in [0.1, 0.15) is 19.4 Å². The zero-order valence-electron chi connectivity index (χ0n) is 13.9. The van der Waals surface area contributed by atoms with Crippen LogP contribution >= 0.6 is 23.2 Å². The van der Waals surface area contributed by atoms with Gasteiger partial charge < -0.3 is 4.90 Å². The quantitative estimate of drug-likeness (QED) is 0.782. The van der Waals surface area contributed by atoms with Crippen LogP contribution in [0.5, 0.6) is 0 Å². The molecule has 1 aromatic carbocycles. The molecule has 0 unspecified atom stereocenters. The molecule has 2 rings (SSSR count). The van der Waals surface area contributed by atoms with Crippen LogP contribution < -0.4 is 0 Å². The molecule has 0 N–H and O–H groups in total. The first-order valence-electron chi connectivity index (χ1n) is 8.19. The summed E-state index contributed by atoms with van der Waals surface area (Å²) in [6.07, 6.45) is 0. The first-order valence-corrected chi connectivity index (χ1v) is 8.95. The van der Waals surface area contributed by atoms with Crippen molar-refractivity contribution in [2.75, 3.05) is 45.8 Å². The molecule has 0 aliphatic carbocycles. The van der Waals surface area contributed by atoms with Crippen molar-refractivity contribution < 1.29 is 4.79 Å². The lowest BCUT2D eigenvalue weighted by atomic mass is 10.2. The highest BCUT2D eigenvalue weighted by molar-refractivity contribution is 6.35. The minimum atomic E-state index is 0.226. The molecule has 0 spiro atoms. The highest BCUT2D eigenvalue weighted by Crippen LogP contribution is 2.22. The van der Waals surface area contributed by atoms with E-state index in [9.17, 15) is 4.79 Å². The van der Waals surface area contributed by atoms with Gasteiger partial charge in [0.1, 0.15) is 0 Å². The van der Waals surface area contributed by atoms with Crippen LogP contribution in [-0.2, 0) is 11.3 Å². The molecule has 1 heterocycles. The Balaban J connectivity index is 1.81. The van der Waals surface area contributed by atoms with Crippen molar-refractivity contribution in [2.24, 2.45) is 0 Å². The summed E-state index contributed by atoms with van der Waals surface area (Å²) in [7, 11) is 0. The van der Waals surface area contributed by atoms with Gasteiger partial charge >= 0.3 is 0 Å². The molecule has 128 valence electrons. The molecular weight excluding hydrogens is 333 g/mol. The normalized spacial score (nSPS) is 16.5. The van der Waals surface area contributed by atoms with E-state index in [-0.39, 0.29) is 5.91 Å². The van der Waals surface area contributed by atoms with Gasteiger partial charge in [0, 0.05) is 55.9 Å². The van der Waals surface area contributed by atoms with Crippen LogP contribution in [0.3, 0.4) is 0 Å². The summed E-state index contributed by atoms with van der Waals surface area (Å²) in [6.45, 7) is 10.7. The molecule has 0 bridgehead atoms. The maximum atomic E-state index is 12.2. The number of carbonyl (C=O) groups is 1. The highest BCUT2D eigenvalue weighted by Gasteiger charge is 2.21. The number of hydrogen-bond donors (Lipinski definition) is 0. The molecule has 0 radical (unpaired) electrons. The van der Waals surface area contributed by atoms with Gasteiger partial charge in [0.25, 0.3) is 0 Å². The summed E-state index contributed by atoms with van der Waals surface area (Å²) >= 11 is 12.2. The number of hydrogen-bond acceptors (Lipinski definition) is 3. The zero-order chi connectivity index (χ0) is 16.8. The lowest BCUT2D eigenvalue weighted by Gasteiger charge is -2.35. The van der Waals surface area contributed by atoms with E-state index in [4.69, 9.17) is 23.2 Å². The van der Waals surface area contributed by atoms with Crippen LogP contribution in [0.2, 0.25) is 10.0 Å². The highest BCUT2D eigenvalue weighted by atomic mass is 35.5. The van der Waals surface area contributed by atoms with E-state index in [2.05, 4.69) is 9.80 Å². The van der Waals surface area contributed by atoms with E-state index in [0.717, 1.165) is 56.4 Å². The minimum Gasteiger partial charge on any atom is -0.342 e. The molecule has 0 atom stereocenters. The average molecular weight is 358 g/mol. The van der Waals surface area contributed by atoms with E-state index >= 15 is 0 Å². The molecule has 4 nitrogen and oxygen atoms in total. The SMILES string of the molecule is CCN(CC)C(=O)CN1CCN(Cc2ccc(Cl)cc2Cl)CC1. The second kappa shape index (κ2) is 8.88. The average Bonchev–Trinajstić information content (AvgIpc) is 2.53. The van der Waals surface area contributed by atoms with Crippen molar-refractivity contribution in [3.63, 3.8) is 0 Å². The number of carbonyl (C=O) groups excluding carboxylic acids is 1. The van der Waals surface area contributed by atoms with Crippen molar-refractivity contribution in [2.45, 2.75) is 20.4 Å². The minimum absolute atomic E-state index is 0.226. The van der Waals surface area contributed by atoms with Crippen LogP contribution in [-0.4, -0.2) is 66.4 Å². The van der Waals surface area contributed by atoms with Crippen LogP contribution in [0, 0.1) is 0 Å². The molecule has 23 heavy (non-hydrogen) atoms. The smallest absolute Gasteiger partial charge is 0.236 e. The van der Waals surface area contributed by atoms with Gasteiger partial charge in [0.05, 0.1) is 6.54 Å². The first kappa shape index (κ1) is 18.5. The molecule has 1 saturated heterocycles. The van der Waals surface area contributed by atoms with Crippen molar-refractivity contribution in [3.05, 3.63) is 33.8 Å².